The molecule has 9 heteroatoms. The Morgan fingerprint density at radius 3 is 2.69 bits per heavy atom. The number of hydrogen-bond acceptors (Lipinski definition) is 5. The van der Waals surface area contributed by atoms with Crippen LogP contribution in [-0.2, 0) is 11.3 Å². The predicted molar refractivity (Wildman–Crippen MR) is 97.7 cm³/mol. The second-order valence-corrected chi connectivity index (χ2v) is 7.27. The summed E-state index contributed by atoms with van der Waals surface area (Å²) in [5, 5.41) is 10.6. The number of fused-ring (bicyclic) bond motifs is 1. The smallest absolute Gasteiger partial charge is 0.339 e. The van der Waals surface area contributed by atoms with E-state index in [-0.39, 0.29) is 18.1 Å². The minimum Gasteiger partial charge on any atom is -0.474 e. The highest BCUT2D eigenvalue weighted by Gasteiger charge is 2.36. The van der Waals surface area contributed by atoms with Crippen molar-refractivity contribution >= 4 is 40.3 Å². The van der Waals surface area contributed by atoms with E-state index >= 15 is 0 Å². The van der Waals surface area contributed by atoms with Gasteiger partial charge in [0, 0.05) is 25.4 Å². The number of pyridine rings is 1. The topological polar surface area (TPSA) is 79.5 Å². The number of nitrogens with zero attached hydrogens (tertiary/aromatic N) is 4. The maximum atomic E-state index is 12.9. The van der Waals surface area contributed by atoms with Crippen molar-refractivity contribution in [1.29, 1.82) is 0 Å². The molecule has 0 aliphatic rings. The fourth-order valence-corrected chi connectivity index (χ4v) is 3.80. The normalized spacial score (nSPS) is 11.0. The predicted octanol–water partition coefficient (Wildman–Crippen LogP) is 2.14. The summed E-state index contributed by atoms with van der Waals surface area (Å²) in [6.07, 6.45) is 3.25. The Hall–Kier alpha value is -2.45. The lowest BCUT2D eigenvalue weighted by Gasteiger charge is -2.16. The minimum absolute atomic E-state index is 0.0439. The number of carbonyl (C=O) groups is 2. The molecule has 3 rings (SSSR count). The van der Waals surface area contributed by atoms with Gasteiger partial charge in [-0.15, -0.1) is 11.3 Å². The zero-order valence-electron chi connectivity index (χ0n) is 14.3. The molecule has 3 aromatic heterocycles. The monoisotopic (exact) mass is 393 g/mol. The van der Waals surface area contributed by atoms with Gasteiger partial charge in [-0.05, 0) is 19.9 Å². The van der Waals surface area contributed by atoms with E-state index in [1.807, 2.05) is 0 Å². The molecule has 136 valence electrons. The zero-order valence-corrected chi connectivity index (χ0v) is 15.9. The number of halogens is 1. The second-order valence-electron chi connectivity index (χ2n) is 5.57. The van der Waals surface area contributed by atoms with Gasteiger partial charge >= 0.3 is 5.88 Å². The number of likely N-dealkylation sites (N-methyl/N-ethyl adjacent to an activating group) is 1. The SMILES string of the molecule is CCN(CC)C(=O)C(=O)c1c(O)[n+]2ccccc2n1Cc1cnc(Cl)s1. The Balaban J connectivity index is 2.14. The van der Waals surface area contributed by atoms with Crippen LogP contribution in [0, 0.1) is 0 Å². The van der Waals surface area contributed by atoms with Crippen molar-refractivity contribution in [3.8, 4) is 5.88 Å². The van der Waals surface area contributed by atoms with Gasteiger partial charge in [0.2, 0.25) is 0 Å². The van der Waals surface area contributed by atoms with Crippen molar-refractivity contribution < 1.29 is 19.1 Å². The van der Waals surface area contributed by atoms with Crippen molar-refractivity contribution in [3.05, 3.63) is 45.6 Å². The molecular weight excluding hydrogens is 376 g/mol. The maximum Gasteiger partial charge on any atom is 0.339 e. The molecule has 0 aromatic carbocycles. The quantitative estimate of drug-likeness (QED) is 0.395. The first-order valence-electron chi connectivity index (χ1n) is 8.13. The highest BCUT2D eigenvalue weighted by molar-refractivity contribution is 7.15. The summed E-state index contributed by atoms with van der Waals surface area (Å²) in [5.74, 6) is -1.65. The van der Waals surface area contributed by atoms with Crippen molar-refractivity contribution in [2.75, 3.05) is 13.1 Å². The van der Waals surface area contributed by atoms with Gasteiger partial charge in [-0.1, -0.05) is 17.7 Å². The van der Waals surface area contributed by atoms with Crippen LogP contribution in [0.1, 0.15) is 29.2 Å². The average Bonchev–Trinajstić information content (AvgIpc) is 3.17. The fraction of sp³-hybridized carbons (Fsp3) is 0.294. The van der Waals surface area contributed by atoms with Gasteiger partial charge in [-0.3, -0.25) is 9.59 Å². The summed E-state index contributed by atoms with van der Waals surface area (Å²) in [6.45, 7) is 4.71. The first-order chi connectivity index (χ1) is 12.5. The van der Waals surface area contributed by atoms with Crippen LogP contribution in [0.5, 0.6) is 5.88 Å². The van der Waals surface area contributed by atoms with E-state index in [0.717, 1.165) is 4.88 Å². The largest absolute Gasteiger partial charge is 0.474 e. The molecule has 3 aromatic rings. The number of hydrogen-bond donors (Lipinski definition) is 1. The Morgan fingerprint density at radius 1 is 1.35 bits per heavy atom. The van der Waals surface area contributed by atoms with Gasteiger partial charge in [0.05, 0.1) is 11.1 Å². The van der Waals surface area contributed by atoms with Gasteiger partial charge < -0.3 is 10.0 Å². The number of aromatic hydroxyl groups is 1. The third-order valence-corrected chi connectivity index (χ3v) is 5.22. The van der Waals surface area contributed by atoms with Gasteiger partial charge in [0.25, 0.3) is 23.0 Å². The Bertz CT molecular complexity index is 978. The lowest BCUT2D eigenvalue weighted by atomic mass is 10.2. The van der Waals surface area contributed by atoms with Crippen LogP contribution in [0.15, 0.2) is 30.6 Å². The average molecular weight is 394 g/mol. The van der Waals surface area contributed by atoms with E-state index in [4.69, 9.17) is 11.6 Å². The maximum absolute atomic E-state index is 12.9. The number of amides is 1. The molecule has 0 aliphatic carbocycles. The van der Waals surface area contributed by atoms with E-state index in [1.54, 1.807) is 49.0 Å². The summed E-state index contributed by atoms with van der Waals surface area (Å²) in [7, 11) is 0. The minimum atomic E-state index is -0.745. The molecule has 0 atom stereocenters. The Morgan fingerprint density at radius 2 is 2.08 bits per heavy atom. The molecule has 1 amide bonds. The summed E-state index contributed by atoms with van der Waals surface area (Å²) >= 11 is 7.18. The number of aromatic nitrogens is 3. The molecule has 0 saturated heterocycles. The van der Waals surface area contributed by atoms with Crippen LogP contribution >= 0.6 is 22.9 Å². The summed E-state index contributed by atoms with van der Waals surface area (Å²) in [6, 6.07) is 5.30. The third kappa shape index (κ3) is 3.17. The first kappa shape index (κ1) is 18.3. The number of imidazole rings is 1. The number of carbonyl (C=O) groups excluding carboxylic acids is 2. The van der Waals surface area contributed by atoms with Gasteiger partial charge in [0.15, 0.2) is 4.47 Å². The van der Waals surface area contributed by atoms with Crippen molar-refractivity contribution in [2.45, 2.75) is 20.4 Å². The Labute approximate surface area is 159 Å². The molecule has 0 spiro atoms. The van der Waals surface area contributed by atoms with Gasteiger partial charge in [0.1, 0.15) is 6.54 Å². The van der Waals surface area contributed by atoms with Crippen LogP contribution in [0.2, 0.25) is 4.47 Å². The van der Waals surface area contributed by atoms with E-state index in [0.29, 0.717) is 23.2 Å². The van der Waals surface area contributed by atoms with Crippen LogP contribution in [0.3, 0.4) is 0 Å². The molecule has 0 saturated carbocycles. The first-order valence-corrected chi connectivity index (χ1v) is 9.33. The molecule has 0 bridgehead atoms. The molecule has 26 heavy (non-hydrogen) atoms. The molecule has 0 radical (unpaired) electrons. The lowest BCUT2D eigenvalue weighted by molar-refractivity contribution is -0.521. The van der Waals surface area contributed by atoms with Crippen LogP contribution in [0.4, 0.5) is 0 Å². The van der Waals surface area contributed by atoms with E-state index < -0.39 is 11.7 Å². The zero-order chi connectivity index (χ0) is 18.8. The summed E-state index contributed by atoms with van der Waals surface area (Å²) in [5.41, 5.74) is 0.544. The third-order valence-electron chi connectivity index (χ3n) is 4.12. The summed E-state index contributed by atoms with van der Waals surface area (Å²) in [4.78, 5) is 31.7. The van der Waals surface area contributed by atoms with Crippen molar-refractivity contribution in [2.24, 2.45) is 0 Å². The van der Waals surface area contributed by atoms with E-state index in [1.165, 1.54) is 20.6 Å². The molecule has 0 fully saturated rings. The standard InChI is InChI=1S/C17H17ClN4O3S/c1-3-20(4-2)16(25)14(23)13-15(24)21-8-6-5-7-12(21)22(13)10-11-9-19-17(18)26-11/h5-9H,3-4,10H2,1-2H3/p+1. The molecule has 7 nitrogen and oxygen atoms in total. The lowest BCUT2D eigenvalue weighted by Crippen LogP contribution is -2.37. The highest BCUT2D eigenvalue weighted by Crippen LogP contribution is 2.24. The number of ketones is 1. The molecule has 1 N–H and O–H groups in total. The van der Waals surface area contributed by atoms with E-state index in [2.05, 4.69) is 4.98 Å². The molecular formula is C17H18ClN4O3S+. The van der Waals surface area contributed by atoms with Crippen molar-refractivity contribution in [1.82, 2.24) is 14.5 Å². The number of rotatable bonds is 6. The Kier molecular flexibility index (Phi) is 5.24. The van der Waals surface area contributed by atoms with Crippen LogP contribution < -0.4 is 4.40 Å². The van der Waals surface area contributed by atoms with Crippen LogP contribution in [-0.4, -0.2) is 44.3 Å². The highest BCUT2D eigenvalue weighted by atomic mass is 35.5. The van der Waals surface area contributed by atoms with Gasteiger partial charge in [-0.2, -0.15) is 4.40 Å². The van der Waals surface area contributed by atoms with Gasteiger partial charge in [-0.25, -0.2) is 9.55 Å². The number of thiazole rings is 1. The van der Waals surface area contributed by atoms with Crippen molar-refractivity contribution in [3.63, 3.8) is 0 Å². The summed E-state index contributed by atoms with van der Waals surface area (Å²) < 4.78 is 3.48. The number of Topliss-reactive ketones (excluding diaryl/α,β-unsaturated/α-hetero) is 1. The second kappa shape index (κ2) is 7.43. The van der Waals surface area contributed by atoms with Crippen LogP contribution in [0.25, 0.3) is 5.65 Å². The van der Waals surface area contributed by atoms with E-state index in [9.17, 15) is 14.7 Å². The molecule has 0 aliphatic heterocycles. The molecule has 3 heterocycles. The molecule has 0 unspecified atom stereocenters. The fourth-order valence-electron chi connectivity index (χ4n) is 2.83.